The molecule has 0 spiro atoms. The molecule has 0 N–H and O–H groups in total. The maximum atomic E-state index is 13.5. The van der Waals surface area contributed by atoms with Crippen LogP contribution in [-0.4, -0.2) is 14.2 Å². The molecule has 0 aliphatic rings. The molecule has 0 radical (unpaired) electrons. The molecule has 0 amide bonds. The molecule has 0 atom stereocenters. The summed E-state index contributed by atoms with van der Waals surface area (Å²) in [7, 11) is -4.42. The topological polar surface area (TPSA) is 60.4 Å². The Morgan fingerprint density at radius 3 is 2.19 bits per heavy atom. The first-order valence-electron chi connectivity index (χ1n) is 5.80. The first-order chi connectivity index (χ1) is 9.79. The predicted octanol–water partition coefficient (Wildman–Crippen LogP) is 2.94. The standard InChI is InChI=1S/C14H10F2O4S/c1-9(17)10-2-5-12(6-3-10)20-21(18,19)14-7-4-11(15)8-13(14)16/h2-8H,1H3. The number of halogens is 2. The third-order valence-electron chi connectivity index (χ3n) is 2.63. The molecule has 7 heteroatoms. The summed E-state index contributed by atoms with van der Waals surface area (Å²) in [4.78, 5) is 10.3. The molecule has 2 aromatic carbocycles. The lowest BCUT2D eigenvalue weighted by molar-refractivity contribution is 0.101. The lowest BCUT2D eigenvalue weighted by Crippen LogP contribution is -2.12. The third kappa shape index (κ3) is 3.43. The van der Waals surface area contributed by atoms with Gasteiger partial charge in [0, 0.05) is 11.6 Å². The van der Waals surface area contributed by atoms with E-state index in [4.69, 9.17) is 4.18 Å². The van der Waals surface area contributed by atoms with Gasteiger partial charge < -0.3 is 4.18 Å². The summed E-state index contributed by atoms with van der Waals surface area (Å²) in [5.41, 5.74) is 0.382. The van der Waals surface area contributed by atoms with E-state index in [1.54, 1.807) is 0 Å². The van der Waals surface area contributed by atoms with Crippen LogP contribution in [0.25, 0.3) is 0 Å². The second-order valence-electron chi connectivity index (χ2n) is 4.19. The van der Waals surface area contributed by atoms with Gasteiger partial charge in [0.25, 0.3) is 0 Å². The van der Waals surface area contributed by atoms with E-state index < -0.39 is 26.6 Å². The average molecular weight is 312 g/mol. The van der Waals surface area contributed by atoms with Crippen LogP contribution in [0.5, 0.6) is 5.75 Å². The zero-order chi connectivity index (χ0) is 15.6. The van der Waals surface area contributed by atoms with Crippen LogP contribution in [-0.2, 0) is 10.1 Å². The molecule has 0 aliphatic carbocycles. The Morgan fingerprint density at radius 1 is 1.05 bits per heavy atom. The number of carbonyl (C=O) groups is 1. The van der Waals surface area contributed by atoms with Crippen molar-refractivity contribution < 1.29 is 26.2 Å². The minimum Gasteiger partial charge on any atom is -0.379 e. The second-order valence-corrected chi connectivity index (χ2v) is 5.71. The van der Waals surface area contributed by atoms with Gasteiger partial charge in [-0.15, -0.1) is 0 Å². The molecule has 2 rings (SSSR count). The van der Waals surface area contributed by atoms with Crippen molar-refractivity contribution >= 4 is 15.9 Å². The van der Waals surface area contributed by atoms with E-state index in [1.165, 1.54) is 31.2 Å². The summed E-state index contributed by atoms with van der Waals surface area (Å²) >= 11 is 0. The molecule has 0 fully saturated rings. The average Bonchev–Trinajstić information content (AvgIpc) is 2.38. The number of carbonyl (C=O) groups excluding carboxylic acids is 1. The van der Waals surface area contributed by atoms with Crippen molar-refractivity contribution in [3.63, 3.8) is 0 Å². The minimum absolute atomic E-state index is 0.0799. The summed E-state index contributed by atoms with van der Waals surface area (Å²) in [6.45, 7) is 1.36. The van der Waals surface area contributed by atoms with Crippen LogP contribution >= 0.6 is 0 Å². The number of ketones is 1. The molecule has 0 aromatic heterocycles. The van der Waals surface area contributed by atoms with E-state index in [0.717, 1.165) is 12.1 Å². The van der Waals surface area contributed by atoms with E-state index in [1.807, 2.05) is 0 Å². The van der Waals surface area contributed by atoms with Gasteiger partial charge in [0.05, 0.1) is 0 Å². The Kier molecular flexibility index (Phi) is 4.04. The van der Waals surface area contributed by atoms with Gasteiger partial charge in [-0.3, -0.25) is 4.79 Å². The zero-order valence-electron chi connectivity index (χ0n) is 10.8. The summed E-state index contributed by atoms with van der Waals surface area (Å²) in [5.74, 6) is -2.40. The van der Waals surface area contributed by atoms with Gasteiger partial charge in [0.1, 0.15) is 22.3 Å². The molecule has 2 aromatic rings. The van der Waals surface area contributed by atoms with Crippen LogP contribution in [0, 0.1) is 11.6 Å². The van der Waals surface area contributed by atoms with Crippen LogP contribution in [0.4, 0.5) is 8.78 Å². The molecular formula is C14H10F2O4S. The summed E-state index contributed by atoms with van der Waals surface area (Å²) in [6.07, 6.45) is 0. The van der Waals surface area contributed by atoms with Crippen LogP contribution < -0.4 is 4.18 Å². The van der Waals surface area contributed by atoms with Gasteiger partial charge in [-0.25, -0.2) is 8.78 Å². The van der Waals surface area contributed by atoms with Crippen molar-refractivity contribution in [3.05, 3.63) is 59.7 Å². The van der Waals surface area contributed by atoms with Crippen molar-refractivity contribution in [2.75, 3.05) is 0 Å². The Labute approximate surface area is 120 Å². The fourth-order valence-corrected chi connectivity index (χ4v) is 2.58. The van der Waals surface area contributed by atoms with E-state index >= 15 is 0 Å². The third-order valence-corrected chi connectivity index (χ3v) is 3.91. The number of rotatable bonds is 4. The molecule has 0 saturated heterocycles. The van der Waals surface area contributed by atoms with Crippen molar-refractivity contribution in [1.82, 2.24) is 0 Å². The van der Waals surface area contributed by atoms with Crippen molar-refractivity contribution in [2.45, 2.75) is 11.8 Å². The first-order valence-corrected chi connectivity index (χ1v) is 7.21. The van der Waals surface area contributed by atoms with Crippen molar-refractivity contribution in [2.24, 2.45) is 0 Å². The first kappa shape index (κ1) is 15.1. The number of Topliss-reactive ketones (excluding diaryl/α,β-unsaturated/α-hetero) is 1. The number of benzene rings is 2. The zero-order valence-corrected chi connectivity index (χ0v) is 11.7. The smallest absolute Gasteiger partial charge is 0.342 e. The molecule has 0 aliphatic heterocycles. The van der Waals surface area contributed by atoms with Crippen molar-refractivity contribution in [3.8, 4) is 5.75 Å². The summed E-state index contributed by atoms with van der Waals surface area (Å²) < 4.78 is 54.8. The highest BCUT2D eigenvalue weighted by Crippen LogP contribution is 2.22. The van der Waals surface area contributed by atoms with Crippen LogP contribution in [0.1, 0.15) is 17.3 Å². The molecule has 0 heterocycles. The number of hydrogen-bond acceptors (Lipinski definition) is 4. The fourth-order valence-electron chi connectivity index (χ4n) is 1.59. The molecule has 110 valence electrons. The Bertz CT molecular complexity index is 783. The Hall–Kier alpha value is -2.28. The highest BCUT2D eigenvalue weighted by atomic mass is 32.2. The Morgan fingerprint density at radius 2 is 1.67 bits per heavy atom. The monoisotopic (exact) mass is 312 g/mol. The normalized spacial score (nSPS) is 11.2. The SMILES string of the molecule is CC(=O)c1ccc(OS(=O)(=O)c2ccc(F)cc2F)cc1. The lowest BCUT2D eigenvalue weighted by Gasteiger charge is -2.08. The van der Waals surface area contributed by atoms with Gasteiger partial charge in [0.15, 0.2) is 5.78 Å². The van der Waals surface area contributed by atoms with Crippen molar-refractivity contribution in [1.29, 1.82) is 0 Å². The highest BCUT2D eigenvalue weighted by molar-refractivity contribution is 7.87. The fraction of sp³-hybridized carbons (Fsp3) is 0.0714. The quantitative estimate of drug-likeness (QED) is 0.643. The lowest BCUT2D eigenvalue weighted by atomic mass is 10.1. The maximum Gasteiger partial charge on any atom is 0.342 e. The minimum atomic E-state index is -4.42. The van der Waals surface area contributed by atoms with Crippen LogP contribution in [0.15, 0.2) is 47.4 Å². The van der Waals surface area contributed by atoms with E-state index in [2.05, 4.69) is 0 Å². The molecule has 0 unspecified atom stereocenters. The van der Waals surface area contributed by atoms with Gasteiger partial charge >= 0.3 is 10.1 Å². The summed E-state index contributed by atoms with van der Waals surface area (Å²) in [6, 6.07) is 7.37. The van der Waals surface area contributed by atoms with Gasteiger partial charge in [-0.1, -0.05) is 0 Å². The Balaban J connectivity index is 2.30. The molecule has 0 bridgehead atoms. The van der Waals surface area contributed by atoms with Crippen LogP contribution in [0.2, 0.25) is 0 Å². The largest absolute Gasteiger partial charge is 0.379 e. The predicted molar refractivity (Wildman–Crippen MR) is 70.6 cm³/mol. The second kappa shape index (κ2) is 5.61. The molecule has 4 nitrogen and oxygen atoms in total. The van der Waals surface area contributed by atoms with Gasteiger partial charge in [-0.2, -0.15) is 8.42 Å². The molecule has 0 saturated carbocycles. The van der Waals surface area contributed by atoms with Gasteiger partial charge in [0.2, 0.25) is 0 Å². The molecular weight excluding hydrogens is 302 g/mol. The van der Waals surface area contributed by atoms with E-state index in [9.17, 15) is 22.0 Å². The van der Waals surface area contributed by atoms with E-state index in [-0.39, 0.29) is 11.5 Å². The van der Waals surface area contributed by atoms with Gasteiger partial charge in [-0.05, 0) is 43.3 Å². The molecule has 21 heavy (non-hydrogen) atoms. The van der Waals surface area contributed by atoms with Crippen LogP contribution in [0.3, 0.4) is 0 Å². The maximum absolute atomic E-state index is 13.5. The summed E-state index contributed by atoms with van der Waals surface area (Å²) in [5, 5.41) is 0. The van der Waals surface area contributed by atoms with E-state index in [0.29, 0.717) is 11.6 Å². The highest BCUT2D eigenvalue weighted by Gasteiger charge is 2.22. The number of hydrogen-bond donors (Lipinski definition) is 0.